The van der Waals surface area contributed by atoms with Crippen LogP contribution in [-0.2, 0) is 0 Å². The van der Waals surface area contributed by atoms with Gasteiger partial charge < -0.3 is 30.1 Å². The summed E-state index contributed by atoms with van der Waals surface area (Å²) >= 11 is 6.63. The third kappa shape index (κ3) is 6.97. The molecule has 0 spiro atoms. The zero-order chi connectivity index (χ0) is 25.5. The van der Waals surface area contributed by atoms with Crippen molar-refractivity contribution in [1.82, 2.24) is 10.2 Å². The fourth-order valence-corrected chi connectivity index (χ4v) is 3.84. The van der Waals surface area contributed by atoms with Gasteiger partial charge in [0, 0.05) is 23.1 Å². The monoisotopic (exact) mass is 605 g/mol. The van der Waals surface area contributed by atoms with Gasteiger partial charge in [0.15, 0.2) is 5.75 Å². The van der Waals surface area contributed by atoms with Gasteiger partial charge in [-0.05, 0) is 78.6 Å². The maximum absolute atomic E-state index is 13.0. The Labute approximate surface area is 220 Å². The second-order valence-electron chi connectivity index (χ2n) is 7.76. The van der Waals surface area contributed by atoms with Gasteiger partial charge in [0.25, 0.3) is 11.8 Å². The van der Waals surface area contributed by atoms with Crippen LogP contribution in [0.15, 0.2) is 63.5 Å². The maximum atomic E-state index is 13.0. The van der Waals surface area contributed by atoms with Gasteiger partial charge in [-0.2, -0.15) is 0 Å². The summed E-state index contributed by atoms with van der Waals surface area (Å²) in [6.07, 6.45) is 0. The van der Waals surface area contributed by atoms with E-state index in [4.69, 9.17) is 9.47 Å². The smallest absolute Gasteiger partial charge is 0.259 e. The molecule has 2 amide bonds. The largest absolute Gasteiger partial charge is 0.506 e. The van der Waals surface area contributed by atoms with Gasteiger partial charge >= 0.3 is 0 Å². The molecule has 3 aromatic carbocycles. The van der Waals surface area contributed by atoms with E-state index in [-0.39, 0.29) is 27.2 Å². The second-order valence-corrected chi connectivity index (χ2v) is 9.53. The molecule has 184 valence electrons. The number of carbonyl (C=O) groups is 2. The van der Waals surface area contributed by atoms with Gasteiger partial charge in [-0.1, -0.05) is 22.0 Å². The van der Waals surface area contributed by atoms with Gasteiger partial charge in [0.2, 0.25) is 0 Å². The zero-order valence-electron chi connectivity index (χ0n) is 19.4. The van der Waals surface area contributed by atoms with E-state index in [1.807, 2.05) is 31.1 Å². The number of methoxy groups -OCH3 is 1. The van der Waals surface area contributed by atoms with Crippen LogP contribution in [0.5, 0.6) is 23.0 Å². The summed E-state index contributed by atoms with van der Waals surface area (Å²) in [5.74, 6) is -0.0978. The molecular formula is C25H25Br2N3O5. The first-order valence-electron chi connectivity index (χ1n) is 10.6. The minimum absolute atomic E-state index is 0.0451. The maximum Gasteiger partial charge on any atom is 0.259 e. The zero-order valence-corrected chi connectivity index (χ0v) is 22.6. The molecule has 0 fully saturated rings. The topological polar surface area (TPSA) is 100 Å². The van der Waals surface area contributed by atoms with Crippen molar-refractivity contribution in [2.24, 2.45) is 0 Å². The minimum atomic E-state index is -0.525. The fourth-order valence-electron chi connectivity index (χ4n) is 3.15. The molecule has 0 radical (unpaired) electrons. The molecule has 0 bridgehead atoms. The Kier molecular flexibility index (Phi) is 9.13. The molecule has 8 nitrogen and oxygen atoms in total. The number of amides is 2. The summed E-state index contributed by atoms with van der Waals surface area (Å²) in [6, 6.07) is 15.5. The van der Waals surface area contributed by atoms with E-state index in [1.165, 1.54) is 13.2 Å². The van der Waals surface area contributed by atoms with Crippen LogP contribution in [0.4, 0.5) is 5.69 Å². The van der Waals surface area contributed by atoms with Crippen molar-refractivity contribution in [2.45, 2.75) is 0 Å². The number of rotatable bonds is 9. The van der Waals surface area contributed by atoms with E-state index in [0.717, 1.165) is 4.47 Å². The quantitative estimate of drug-likeness (QED) is 0.287. The Bertz CT molecular complexity index is 1220. The Morgan fingerprint density at radius 2 is 1.71 bits per heavy atom. The van der Waals surface area contributed by atoms with Crippen molar-refractivity contribution in [2.75, 3.05) is 39.6 Å². The Balaban J connectivity index is 1.84. The standard InChI is InChI=1S/C25H25Br2N3O5/c1-30(2)12-11-28-25(33)21-22(31)19(27)14-20(23(21)34-3)29-24(32)15-5-4-6-18(13-15)35-17-9-7-16(26)8-10-17/h4-10,13-14,31H,11-12H2,1-3H3,(H,28,33)(H,29,32). The lowest BCUT2D eigenvalue weighted by Gasteiger charge is -2.18. The van der Waals surface area contributed by atoms with E-state index < -0.39 is 11.8 Å². The Morgan fingerprint density at radius 1 is 1.00 bits per heavy atom. The number of phenolic OH excluding ortho intramolecular Hbond substituents is 1. The van der Waals surface area contributed by atoms with Crippen LogP contribution in [0.25, 0.3) is 0 Å². The molecule has 3 N–H and O–H groups in total. The highest BCUT2D eigenvalue weighted by Crippen LogP contribution is 2.41. The highest BCUT2D eigenvalue weighted by molar-refractivity contribution is 9.10. The van der Waals surface area contributed by atoms with Gasteiger partial charge in [0.05, 0.1) is 17.3 Å². The number of phenols is 1. The number of carbonyl (C=O) groups excluding carboxylic acids is 2. The van der Waals surface area contributed by atoms with Crippen LogP contribution in [0, 0.1) is 0 Å². The first-order chi connectivity index (χ1) is 16.7. The van der Waals surface area contributed by atoms with E-state index in [0.29, 0.717) is 30.2 Å². The summed E-state index contributed by atoms with van der Waals surface area (Å²) in [4.78, 5) is 27.8. The number of nitrogens with one attached hydrogen (secondary N) is 2. The van der Waals surface area contributed by atoms with Crippen molar-refractivity contribution in [3.63, 3.8) is 0 Å². The number of likely N-dealkylation sites (N-methyl/N-ethyl adjacent to an activating group) is 1. The number of aromatic hydroxyl groups is 1. The number of halogens is 2. The van der Waals surface area contributed by atoms with Gasteiger partial charge in [-0.3, -0.25) is 9.59 Å². The molecule has 0 heterocycles. The molecule has 0 atom stereocenters. The van der Waals surface area contributed by atoms with E-state index in [1.54, 1.807) is 36.4 Å². The molecule has 0 saturated heterocycles. The predicted molar refractivity (Wildman–Crippen MR) is 142 cm³/mol. The van der Waals surface area contributed by atoms with Gasteiger partial charge in [0.1, 0.15) is 22.8 Å². The van der Waals surface area contributed by atoms with Crippen LogP contribution >= 0.6 is 31.9 Å². The fraction of sp³-hybridized carbons (Fsp3) is 0.200. The molecule has 0 aliphatic heterocycles. The lowest BCUT2D eigenvalue weighted by atomic mass is 10.1. The predicted octanol–water partition coefficient (Wildman–Crippen LogP) is 5.26. The first kappa shape index (κ1) is 26.5. The summed E-state index contributed by atoms with van der Waals surface area (Å²) < 4.78 is 12.4. The highest BCUT2D eigenvalue weighted by atomic mass is 79.9. The molecule has 35 heavy (non-hydrogen) atoms. The summed E-state index contributed by atoms with van der Waals surface area (Å²) in [5, 5.41) is 16.0. The molecule has 0 aliphatic rings. The highest BCUT2D eigenvalue weighted by Gasteiger charge is 2.24. The van der Waals surface area contributed by atoms with Crippen molar-refractivity contribution in [3.8, 4) is 23.0 Å². The number of anilines is 1. The third-order valence-electron chi connectivity index (χ3n) is 4.88. The molecule has 0 aromatic heterocycles. The lowest BCUT2D eigenvalue weighted by molar-refractivity contribution is 0.0943. The third-order valence-corrected chi connectivity index (χ3v) is 6.01. The number of hydrogen-bond donors (Lipinski definition) is 3. The molecule has 0 aliphatic carbocycles. The molecular weight excluding hydrogens is 582 g/mol. The number of nitrogens with zero attached hydrogens (tertiary/aromatic N) is 1. The van der Waals surface area contributed by atoms with Gasteiger partial charge in [-0.15, -0.1) is 0 Å². The molecule has 10 heteroatoms. The second kappa shape index (κ2) is 12.1. The summed E-state index contributed by atoms with van der Waals surface area (Å²) in [7, 11) is 5.13. The van der Waals surface area contributed by atoms with Gasteiger partial charge in [-0.25, -0.2) is 0 Å². The van der Waals surface area contributed by atoms with E-state index in [9.17, 15) is 14.7 Å². The Hall–Kier alpha value is -3.08. The average molecular weight is 607 g/mol. The minimum Gasteiger partial charge on any atom is -0.506 e. The number of ether oxygens (including phenoxy) is 2. The van der Waals surface area contributed by atoms with E-state index in [2.05, 4.69) is 42.5 Å². The van der Waals surface area contributed by atoms with Crippen LogP contribution in [0.3, 0.4) is 0 Å². The number of hydrogen-bond acceptors (Lipinski definition) is 6. The molecule has 3 rings (SSSR count). The Morgan fingerprint density at radius 3 is 2.37 bits per heavy atom. The van der Waals surface area contributed by atoms with Crippen molar-refractivity contribution >= 4 is 49.4 Å². The molecule has 3 aromatic rings. The normalized spacial score (nSPS) is 10.7. The SMILES string of the molecule is COc1c(NC(=O)c2cccc(Oc3ccc(Br)cc3)c2)cc(Br)c(O)c1C(=O)NCCN(C)C. The van der Waals surface area contributed by atoms with Crippen LogP contribution < -0.4 is 20.1 Å². The molecule has 0 saturated carbocycles. The van der Waals surface area contributed by atoms with E-state index >= 15 is 0 Å². The van der Waals surface area contributed by atoms with Crippen molar-refractivity contribution < 1.29 is 24.2 Å². The van der Waals surface area contributed by atoms with Crippen LogP contribution in [0.2, 0.25) is 0 Å². The summed E-state index contributed by atoms with van der Waals surface area (Å²) in [6.45, 7) is 0.985. The van der Waals surface area contributed by atoms with Crippen LogP contribution in [0.1, 0.15) is 20.7 Å². The number of benzene rings is 3. The van der Waals surface area contributed by atoms with Crippen molar-refractivity contribution in [1.29, 1.82) is 0 Å². The lowest BCUT2D eigenvalue weighted by Crippen LogP contribution is -2.31. The van der Waals surface area contributed by atoms with Crippen molar-refractivity contribution in [3.05, 3.63) is 74.7 Å². The first-order valence-corrected chi connectivity index (χ1v) is 12.2. The average Bonchev–Trinajstić information content (AvgIpc) is 2.82. The summed E-state index contributed by atoms with van der Waals surface area (Å²) in [5.41, 5.74) is 0.477. The van der Waals surface area contributed by atoms with Crippen LogP contribution in [-0.4, -0.2) is 56.1 Å². The molecule has 0 unspecified atom stereocenters.